The van der Waals surface area contributed by atoms with Crippen molar-refractivity contribution in [2.45, 2.75) is 45.3 Å². The first-order valence-electron chi connectivity index (χ1n) is 10.6. The van der Waals surface area contributed by atoms with Crippen LogP contribution in [0.15, 0.2) is 51.3 Å². The molecule has 2 aliphatic rings. The molecule has 0 saturated carbocycles. The second-order valence-corrected chi connectivity index (χ2v) is 8.72. The monoisotopic (exact) mass is 424 g/mol. The first-order chi connectivity index (χ1) is 14.9. The molecule has 8 nitrogen and oxygen atoms in total. The topological polar surface area (TPSA) is 89.5 Å². The molecule has 0 atom stereocenters. The predicted molar refractivity (Wildman–Crippen MR) is 118 cm³/mol. The Kier molecular flexibility index (Phi) is 6.18. The molecule has 1 saturated heterocycles. The van der Waals surface area contributed by atoms with E-state index in [1.165, 1.54) is 6.39 Å². The van der Waals surface area contributed by atoms with Crippen LogP contribution in [-0.2, 0) is 9.47 Å². The van der Waals surface area contributed by atoms with E-state index in [1.54, 1.807) is 11.1 Å². The zero-order chi connectivity index (χ0) is 21.8. The zero-order valence-corrected chi connectivity index (χ0v) is 18.2. The van der Waals surface area contributed by atoms with Gasteiger partial charge in [0.15, 0.2) is 12.2 Å². The van der Waals surface area contributed by atoms with Crippen LogP contribution in [0, 0.1) is 0 Å². The van der Waals surface area contributed by atoms with E-state index in [2.05, 4.69) is 15.0 Å². The van der Waals surface area contributed by atoms with Gasteiger partial charge in [0.1, 0.15) is 18.0 Å². The van der Waals surface area contributed by atoms with Gasteiger partial charge >= 0.3 is 6.09 Å². The van der Waals surface area contributed by atoms with Crippen molar-refractivity contribution in [1.29, 1.82) is 0 Å². The summed E-state index contributed by atoms with van der Waals surface area (Å²) in [5.41, 5.74) is 2.41. The van der Waals surface area contributed by atoms with Crippen molar-refractivity contribution in [3.63, 3.8) is 0 Å². The van der Waals surface area contributed by atoms with Gasteiger partial charge in [0.2, 0.25) is 0 Å². The number of carbonyl (C=O) groups is 1. The number of amidine groups is 1. The molecule has 1 aromatic heterocycles. The third-order valence-corrected chi connectivity index (χ3v) is 5.13. The molecule has 0 N–H and O–H groups in total. The van der Waals surface area contributed by atoms with E-state index in [0.717, 1.165) is 35.4 Å². The van der Waals surface area contributed by atoms with Gasteiger partial charge in [-0.15, -0.1) is 0 Å². The lowest BCUT2D eigenvalue weighted by atomic mass is 10.1. The van der Waals surface area contributed by atoms with Crippen LogP contribution in [0.4, 0.5) is 4.79 Å². The lowest BCUT2D eigenvalue weighted by Gasteiger charge is -2.33. The Morgan fingerprint density at radius 2 is 2.00 bits per heavy atom. The minimum Gasteiger partial charge on any atom is -0.444 e. The molecule has 0 bridgehead atoms. The average molecular weight is 425 g/mol. The summed E-state index contributed by atoms with van der Waals surface area (Å²) in [6.45, 7) is 7.81. The van der Waals surface area contributed by atoms with Crippen molar-refractivity contribution in [1.82, 2.24) is 9.88 Å². The second kappa shape index (κ2) is 9.01. The Balaban J connectivity index is 1.27. The first-order valence-corrected chi connectivity index (χ1v) is 10.6. The van der Waals surface area contributed by atoms with E-state index in [-0.39, 0.29) is 12.2 Å². The molecule has 0 spiro atoms. The van der Waals surface area contributed by atoms with Crippen molar-refractivity contribution < 1.29 is 18.7 Å². The number of ether oxygens (including phenoxy) is 2. The summed E-state index contributed by atoms with van der Waals surface area (Å²) < 4.78 is 16.8. The number of aromatic nitrogens is 1. The SMILES string of the molecule is CC(C)(C)OC(=O)N1CCC(OCC2=NCC(c3cccc(-c4cnco4)c3)=N2)CC1. The highest BCUT2D eigenvalue weighted by Gasteiger charge is 2.27. The van der Waals surface area contributed by atoms with Gasteiger partial charge in [0.25, 0.3) is 0 Å². The van der Waals surface area contributed by atoms with Crippen molar-refractivity contribution in [2.75, 3.05) is 26.2 Å². The highest BCUT2D eigenvalue weighted by Crippen LogP contribution is 2.21. The normalized spacial score (nSPS) is 17.5. The molecule has 0 unspecified atom stereocenters. The van der Waals surface area contributed by atoms with Crippen LogP contribution >= 0.6 is 0 Å². The van der Waals surface area contributed by atoms with Crippen LogP contribution in [0.3, 0.4) is 0 Å². The predicted octanol–water partition coefficient (Wildman–Crippen LogP) is 3.96. The van der Waals surface area contributed by atoms with Gasteiger partial charge in [-0.3, -0.25) is 4.99 Å². The molecule has 2 aromatic rings. The third-order valence-electron chi connectivity index (χ3n) is 5.13. The number of nitrogens with zero attached hydrogens (tertiary/aromatic N) is 4. The molecule has 31 heavy (non-hydrogen) atoms. The standard InChI is InChI=1S/C23H28N4O4/c1-23(2,3)31-22(28)27-9-7-18(8-10-27)29-14-21-25-12-19(26-21)16-5-4-6-17(11-16)20-13-24-15-30-20/h4-6,11,13,15,18H,7-10,12,14H2,1-3H3. The summed E-state index contributed by atoms with van der Waals surface area (Å²) in [5.74, 6) is 1.43. The Morgan fingerprint density at radius 3 is 2.71 bits per heavy atom. The van der Waals surface area contributed by atoms with E-state index in [0.29, 0.717) is 32.1 Å². The van der Waals surface area contributed by atoms with Crippen molar-refractivity contribution >= 4 is 17.6 Å². The van der Waals surface area contributed by atoms with Crippen LogP contribution in [0.1, 0.15) is 39.2 Å². The summed E-state index contributed by atoms with van der Waals surface area (Å²) in [5, 5.41) is 0. The molecule has 2 aliphatic heterocycles. The van der Waals surface area contributed by atoms with Gasteiger partial charge in [-0.2, -0.15) is 0 Å². The molecule has 1 fully saturated rings. The molecule has 8 heteroatoms. The Morgan fingerprint density at radius 1 is 1.23 bits per heavy atom. The minimum absolute atomic E-state index is 0.0930. The number of benzene rings is 1. The maximum Gasteiger partial charge on any atom is 0.410 e. The molecule has 164 valence electrons. The van der Waals surface area contributed by atoms with Gasteiger partial charge < -0.3 is 18.8 Å². The minimum atomic E-state index is -0.477. The average Bonchev–Trinajstić information content (AvgIpc) is 3.44. The highest BCUT2D eigenvalue weighted by atomic mass is 16.6. The lowest BCUT2D eigenvalue weighted by Crippen LogP contribution is -2.43. The highest BCUT2D eigenvalue weighted by molar-refractivity contribution is 6.13. The molecule has 0 aliphatic carbocycles. The first kappa shape index (κ1) is 21.2. The van der Waals surface area contributed by atoms with E-state index in [4.69, 9.17) is 13.9 Å². The van der Waals surface area contributed by atoms with Gasteiger partial charge in [-0.25, -0.2) is 14.8 Å². The maximum atomic E-state index is 12.2. The summed E-state index contributed by atoms with van der Waals surface area (Å²) in [6.07, 6.45) is 4.51. The number of hydrogen-bond donors (Lipinski definition) is 0. The molecule has 1 amide bonds. The van der Waals surface area contributed by atoms with Crippen LogP contribution in [-0.4, -0.2) is 65.5 Å². The fourth-order valence-corrected chi connectivity index (χ4v) is 3.56. The molecule has 0 radical (unpaired) electrons. The van der Waals surface area contributed by atoms with Gasteiger partial charge in [-0.05, 0) is 45.2 Å². The number of rotatable bonds is 5. The number of carbonyl (C=O) groups excluding carboxylic acids is 1. The van der Waals surface area contributed by atoms with E-state index < -0.39 is 5.60 Å². The largest absolute Gasteiger partial charge is 0.444 e. The second-order valence-electron chi connectivity index (χ2n) is 8.72. The number of aliphatic imine (C=N–C) groups is 2. The number of piperidine rings is 1. The molecule has 3 heterocycles. The molecular formula is C23H28N4O4. The number of oxazole rings is 1. The van der Waals surface area contributed by atoms with Crippen LogP contribution < -0.4 is 0 Å². The maximum absolute atomic E-state index is 12.2. The number of amides is 1. The summed E-state index contributed by atoms with van der Waals surface area (Å²) in [4.78, 5) is 27.1. The molecule has 1 aromatic carbocycles. The van der Waals surface area contributed by atoms with Crippen molar-refractivity contribution in [3.05, 3.63) is 42.4 Å². The zero-order valence-electron chi connectivity index (χ0n) is 18.2. The van der Waals surface area contributed by atoms with Crippen LogP contribution in [0.25, 0.3) is 11.3 Å². The fourth-order valence-electron chi connectivity index (χ4n) is 3.56. The fraction of sp³-hybridized carbons (Fsp3) is 0.478. The smallest absolute Gasteiger partial charge is 0.410 e. The third kappa shape index (κ3) is 5.58. The van der Waals surface area contributed by atoms with E-state index >= 15 is 0 Å². The quantitative estimate of drug-likeness (QED) is 0.725. The lowest BCUT2D eigenvalue weighted by molar-refractivity contribution is -0.00290. The number of likely N-dealkylation sites (tertiary alicyclic amines) is 1. The van der Waals surface area contributed by atoms with Crippen molar-refractivity contribution in [2.24, 2.45) is 9.98 Å². The Hall–Kier alpha value is -3.00. The van der Waals surface area contributed by atoms with Crippen LogP contribution in [0.5, 0.6) is 0 Å². The van der Waals surface area contributed by atoms with Crippen LogP contribution in [0.2, 0.25) is 0 Å². The molecule has 4 rings (SSSR count). The summed E-state index contributed by atoms with van der Waals surface area (Å²) in [7, 11) is 0. The Bertz CT molecular complexity index is 968. The summed E-state index contributed by atoms with van der Waals surface area (Å²) >= 11 is 0. The van der Waals surface area contributed by atoms with Crippen molar-refractivity contribution in [3.8, 4) is 11.3 Å². The van der Waals surface area contributed by atoms with E-state index in [9.17, 15) is 4.79 Å². The Labute approximate surface area is 182 Å². The van der Waals surface area contributed by atoms with Gasteiger partial charge in [0.05, 0.1) is 24.6 Å². The van der Waals surface area contributed by atoms with E-state index in [1.807, 2.05) is 45.0 Å². The number of hydrogen-bond acceptors (Lipinski definition) is 7. The summed E-state index contributed by atoms with van der Waals surface area (Å²) in [6, 6.07) is 8.01. The van der Waals surface area contributed by atoms with Gasteiger partial charge in [0, 0.05) is 18.7 Å². The molecular weight excluding hydrogens is 396 g/mol. The van der Waals surface area contributed by atoms with Gasteiger partial charge in [-0.1, -0.05) is 18.2 Å².